The van der Waals surface area contributed by atoms with Crippen LogP contribution in [0.2, 0.25) is 15.1 Å². The van der Waals surface area contributed by atoms with Crippen LogP contribution in [-0.4, -0.2) is 54.5 Å². The highest BCUT2D eigenvalue weighted by Gasteiger charge is 2.18. The van der Waals surface area contributed by atoms with Gasteiger partial charge < -0.3 is 24.2 Å². The van der Waals surface area contributed by atoms with Gasteiger partial charge >= 0.3 is 12.1 Å². The van der Waals surface area contributed by atoms with Gasteiger partial charge in [0.25, 0.3) is 0 Å². The second-order valence-corrected chi connectivity index (χ2v) is 9.98. The minimum atomic E-state index is -0.999. The molecule has 1 N–H and O–H groups in total. The number of rotatable bonds is 14. The van der Waals surface area contributed by atoms with E-state index in [9.17, 15) is 14.7 Å². The van der Waals surface area contributed by atoms with Crippen molar-refractivity contribution in [2.45, 2.75) is 32.3 Å². The Morgan fingerprint density at radius 1 is 0.846 bits per heavy atom. The van der Waals surface area contributed by atoms with Crippen molar-refractivity contribution in [1.82, 2.24) is 4.90 Å². The standard InChI is InChI=1S/C29H30Cl3NO6/c1-2-37-27(28(34)35)18-20-5-9-25(10-6-20)38-15-14-33(29(36)39-26-11-7-22(30)8-12-26)13-3-4-21-16-23(31)19-24(32)17-21/h5-12,16-17,19,27H,2-4,13-15,18H2,1H3,(H,34,35). The lowest BCUT2D eigenvalue weighted by molar-refractivity contribution is -0.149. The molecule has 10 heteroatoms. The number of aliphatic carboxylic acids is 1. The smallest absolute Gasteiger partial charge is 0.415 e. The molecule has 3 aromatic carbocycles. The molecule has 0 heterocycles. The molecule has 1 amide bonds. The van der Waals surface area contributed by atoms with E-state index in [0.717, 1.165) is 11.1 Å². The van der Waals surface area contributed by atoms with E-state index < -0.39 is 18.2 Å². The van der Waals surface area contributed by atoms with Crippen molar-refractivity contribution >= 4 is 46.9 Å². The van der Waals surface area contributed by atoms with Crippen molar-refractivity contribution in [3.8, 4) is 11.5 Å². The van der Waals surface area contributed by atoms with Gasteiger partial charge in [0.15, 0.2) is 6.10 Å². The van der Waals surface area contributed by atoms with Gasteiger partial charge in [-0.15, -0.1) is 0 Å². The van der Waals surface area contributed by atoms with Gasteiger partial charge in [0.1, 0.15) is 18.1 Å². The van der Waals surface area contributed by atoms with Crippen molar-refractivity contribution in [1.29, 1.82) is 0 Å². The third-order valence-electron chi connectivity index (χ3n) is 5.71. The molecule has 0 saturated carbocycles. The van der Waals surface area contributed by atoms with Crippen molar-refractivity contribution in [3.63, 3.8) is 0 Å². The number of hydrogen-bond donors (Lipinski definition) is 1. The number of nitrogens with zero attached hydrogens (tertiary/aromatic N) is 1. The lowest BCUT2D eigenvalue weighted by atomic mass is 10.1. The van der Waals surface area contributed by atoms with Gasteiger partial charge in [0.2, 0.25) is 0 Å². The molecule has 0 fully saturated rings. The fraction of sp³-hybridized carbons (Fsp3) is 0.310. The van der Waals surface area contributed by atoms with Crippen molar-refractivity contribution in [2.24, 2.45) is 0 Å². The van der Waals surface area contributed by atoms with E-state index in [4.69, 9.17) is 49.0 Å². The molecule has 39 heavy (non-hydrogen) atoms. The highest BCUT2D eigenvalue weighted by molar-refractivity contribution is 6.34. The summed E-state index contributed by atoms with van der Waals surface area (Å²) in [5.41, 5.74) is 1.79. The van der Waals surface area contributed by atoms with Crippen LogP contribution in [0.1, 0.15) is 24.5 Å². The van der Waals surface area contributed by atoms with E-state index in [1.165, 1.54) is 0 Å². The van der Waals surface area contributed by atoms with Gasteiger partial charge in [-0.2, -0.15) is 0 Å². The number of carbonyl (C=O) groups is 2. The number of carbonyl (C=O) groups excluding carboxylic acids is 1. The first-order chi connectivity index (χ1) is 18.7. The Kier molecular flexibility index (Phi) is 12.2. The van der Waals surface area contributed by atoms with E-state index in [0.29, 0.717) is 52.6 Å². The maximum atomic E-state index is 13.0. The largest absolute Gasteiger partial charge is 0.492 e. The molecule has 7 nitrogen and oxygen atoms in total. The Bertz CT molecular complexity index is 1200. The number of carboxylic acid groups (broad SMARTS) is 1. The Balaban J connectivity index is 1.58. The van der Waals surface area contributed by atoms with Gasteiger partial charge in [-0.25, -0.2) is 9.59 Å². The van der Waals surface area contributed by atoms with Crippen LogP contribution in [0.5, 0.6) is 11.5 Å². The van der Waals surface area contributed by atoms with Crippen LogP contribution in [0.15, 0.2) is 66.7 Å². The summed E-state index contributed by atoms with van der Waals surface area (Å²) >= 11 is 18.1. The van der Waals surface area contributed by atoms with Gasteiger partial charge in [-0.1, -0.05) is 46.9 Å². The first-order valence-electron chi connectivity index (χ1n) is 12.5. The Morgan fingerprint density at radius 3 is 2.10 bits per heavy atom. The quantitative estimate of drug-likeness (QED) is 0.213. The van der Waals surface area contributed by atoms with Crippen LogP contribution in [0.3, 0.4) is 0 Å². The van der Waals surface area contributed by atoms with Crippen LogP contribution in [-0.2, 0) is 22.4 Å². The Morgan fingerprint density at radius 2 is 1.49 bits per heavy atom. The average Bonchev–Trinajstić information content (AvgIpc) is 2.89. The van der Waals surface area contributed by atoms with Crippen LogP contribution in [0, 0.1) is 0 Å². The van der Waals surface area contributed by atoms with Gasteiger partial charge in [-0.05, 0) is 85.5 Å². The van der Waals surface area contributed by atoms with E-state index in [2.05, 4.69) is 0 Å². The number of aryl methyl sites for hydroxylation is 1. The second-order valence-electron chi connectivity index (χ2n) is 8.67. The Hall–Kier alpha value is -2.97. The lowest BCUT2D eigenvalue weighted by Gasteiger charge is -2.22. The summed E-state index contributed by atoms with van der Waals surface area (Å²) < 4.78 is 16.7. The van der Waals surface area contributed by atoms with Gasteiger partial charge in [0, 0.05) is 34.6 Å². The predicted molar refractivity (Wildman–Crippen MR) is 153 cm³/mol. The summed E-state index contributed by atoms with van der Waals surface area (Å²) in [7, 11) is 0. The maximum Gasteiger partial charge on any atom is 0.415 e. The normalized spacial score (nSPS) is 11.6. The second kappa shape index (κ2) is 15.6. The van der Waals surface area contributed by atoms with Crippen molar-refractivity contribution < 1.29 is 28.9 Å². The summed E-state index contributed by atoms with van der Waals surface area (Å²) in [5.74, 6) is -0.0120. The molecule has 208 valence electrons. The third-order valence-corrected chi connectivity index (χ3v) is 6.40. The molecule has 0 aromatic heterocycles. The summed E-state index contributed by atoms with van der Waals surface area (Å²) in [6, 6.07) is 19.1. The molecule has 1 atom stereocenters. The highest BCUT2D eigenvalue weighted by Crippen LogP contribution is 2.21. The van der Waals surface area contributed by atoms with E-state index >= 15 is 0 Å². The van der Waals surface area contributed by atoms with Crippen LogP contribution >= 0.6 is 34.8 Å². The number of carboxylic acids is 1. The molecule has 0 aliphatic rings. The highest BCUT2D eigenvalue weighted by atomic mass is 35.5. The molecule has 0 radical (unpaired) electrons. The number of halogens is 3. The summed E-state index contributed by atoms with van der Waals surface area (Å²) in [6.07, 6.45) is 0.185. The minimum Gasteiger partial charge on any atom is -0.492 e. The zero-order valence-corrected chi connectivity index (χ0v) is 23.7. The molecule has 3 rings (SSSR count). The molecule has 0 bridgehead atoms. The first-order valence-corrected chi connectivity index (χ1v) is 13.6. The molecular formula is C29H30Cl3NO6. The third kappa shape index (κ3) is 10.6. The number of ether oxygens (including phenoxy) is 3. The van der Waals surface area contributed by atoms with Crippen molar-refractivity contribution in [3.05, 3.63) is 92.9 Å². The van der Waals surface area contributed by atoms with Gasteiger partial charge in [-0.3, -0.25) is 0 Å². The molecule has 0 spiro atoms. The predicted octanol–water partition coefficient (Wildman–Crippen LogP) is 7.19. The summed E-state index contributed by atoms with van der Waals surface area (Å²) in [5, 5.41) is 10.9. The number of benzene rings is 3. The topological polar surface area (TPSA) is 85.3 Å². The monoisotopic (exact) mass is 593 g/mol. The number of amides is 1. The van der Waals surface area contributed by atoms with Gasteiger partial charge in [0.05, 0.1) is 6.54 Å². The zero-order chi connectivity index (χ0) is 28.2. The van der Waals surface area contributed by atoms with Crippen molar-refractivity contribution in [2.75, 3.05) is 26.3 Å². The lowest BCUT2D eigenvalue weighted by Crippen LogP contribution is -2.37. The molecule has 0 aliphatic carbocycles. The maximum absolute atomic E-state index is 13.0. The van der Waals surface area contributed by atoms with Crippen LogP contribution < -0.4 is 9.47 Å². The molecule has 1 unspecified atom stereocenters. The first kappa shape index (κ1) is 30.6. The fourth-order valence-electron chi connectivity index (χ4n) is 3.82. The molecule has 3 aromatic rings. The SMILES string of the molecule is CCOC(Cc1ccc(OCCN(CCCc2cc(Cl)cc(Cl)c2)C(=O)Oc2ccc(Cl)cc2)cc1)C(=O)O. The number of hydrogen-bond acceptors (Lipinski definition) is 5. The molecule has 0 saturated heterocycles. The fourth-order valence-corrected chi connectivity index (χ4v) is 4.52. The zero-order valence-electron chi connectivity index (χ0n) is 21.4. The summed E-state index contributed by atoms with van der Waals surface area (Å²) in [6.45, 7) is 3.02. The van der Waals surface area contributed by atoms with E-state index in [1.807, 2.05) is 12.1 Å². The molecule has 0 aliphatic heterocycles. The summed E-state index contributed by atoms with van der Waals surface area (Å²) in [4.78, 5) is 25.9. The Labute approximate surface area is 243 Å². The van der Waals surface area contributed by atoms with Crippen LogP contribution in [0.4, 0.5) is 4.79 Å². The average molecular weight is 595 g/mol. The molecular weight excluding hydrogens is 565 g/mol. The minimum absolute atomic E-state index is 0.231. The van der Waals surface area contributed by atoms with E-state index in [1.54, 1.807) is 66.4 Å². The van der Waals surface area contributed by atoms with E-state index in [-0.39, 0.29) is 19.6 Å². The van der Waals surface area contributed by atoms with Crippen LogP contribution in [0.25, 0.3) is 0 Å².